The van der Waals surface area contributed by atoms with Crippen LogP contribution < -0.4 is 22.9 Å². The van der Waals surface area contributed by atoms with Crippen molar-refractivity contribution in [3.05, 3.63) is 116 Å². The van der Waals surface area contributed by atoms with Crippen LogP contribution in [0.3, 0.4) is 0 Å². The number of nitrogens with two attached hydrogens (primary N) is 4. The fourth-order valence-electron chi connectivity index (χ4n) is 5.96. The number of carbonyl (C=O) groups excluding carboxylic acids is 2. The van der Waals surface area contributed by atoms with E-state index in [9.17, 15) is 20.1 Å². The first kappa shape index (κ1) is 32.0. The number of ketones is 2. The lowest BCUT2D eigenvalue weighted by molar-refractivity contribution is 0.103. The minimum atomic E-state index is -0.371. The van der Waals surface area contributed by atoms with Gasteiger partial charge in [-0.2, -0.15) is 10.5 Å². The second-order valence-electron chi connectivity index (χ2n) is 11.7. The van der Waals surface area contributed by atoms with Crippen LogP contribution in [0.25, 0.3) is 42.7 Å². The predicted octanol–water partition coefficient (Wildman–Crippen LogP) is 7.39. The van der Waals surface area contributed by atoms with Crippen LogP contribution in [0.4, 0.5) is 23.0 Å². The Morgan fingerprint density at radius 1 is 0.580 bits per heavy atom. The summed E-state index contributed by atoms with van der Waals surface area (Å²) in [6, 6.07) is 25.7. The number of hydrogen-bond acceptors (Lipinski definition) is 12. The number of pyridine rings is 2. The van der Waals surface area contributed by atoms with Crippen molar-refractivity contribution in [2.24, 2.45) is 0 Å². The van der Waals surface area contributed by atoms with Crippen LogP contribution in [-0.2, 0) is 0 Å². The summed E-state index contributed by atoms with van der Waals surface area (Å²) in [6.45, 7) is 3.91. The van der Waals surface area contributed by atoms with Gasteiger partial charge in [0.2, 0.25) is 11.6 Å². The molecular formula is C38H26N8O2S2. The molecule has 0 atom stereocenters. The SMILES string of the molecule is Cc1ccc(-c2c(C#N)c(N)nc3sc(C(=O)c4ccc(C(=O)c5sc6nc(N)c(C#N)c(-c7ccc(C)cc7)c6c5N)cc4)c(N)c23)cc1. The van der Waals surface area contributed by atoms with Gasteiger partial charge in [-0.25, -0.2) is 9.97 Å². The van der Waals surface area contributed by atoms with Crippen LogP contribution in [0.2, 0.25) is 0 Å². The quantitative estimate of drug-likeness (QED) is 0.127. The molecule has 0 amide bonds. The number of aromatic nitrogens is 2. The smallest absolute Gasteiger partial charge is 0.205 e. The molecule has 0 radical (unpaired) electrons. The molecule has 7 rings (SSSR count). The molecule has 0 fully saturated rings. The van der Waals surface area contributed by atoms with Crippen molar-refractivity contribution >= 4 is 77.7 Å². The van der Waals surface area contributed by atoms with Gasteiger partial charge in [-0.1, -0.05) is 83.9 Å². The molecule has 4 heterocycles. The Morgan fingerprint density at radius 2 is 0.920 bits per heavy atom. The van der Waals surface area contributed by atoms with Crippen LogP contribution in [0.5, 0.6) is 0 Å². The van der Waals surface area contributed by atoms with E-state index in [0.29, 0.717) is 42.7 Å². The molecular weight excluding hydrogens is 665 g/mol. The summed E-state index contributed by atoms with van der Waals surface area (Å²) in [5, 5.41) is 20.9. The molecule has 0 saturated carbocycles. The van der Waals surface area contributed by atoms with Gasteiger partial charge < -0.3 is 22.9 Å². The van der Waals surface area contributed by atoms with Crippen molar-refractivity contribution in [2.45, 2.75) is 13.8 Å². The first-order chi connectivity index (χ1) is 24.0. The molecule has 0 saturated heterocycles. The first-order valence-electron chi connectivity index (χ1n) is 15.2. The topological polar surface area (TPSA) is 212 Å². The summed E-state index contributed by atoms with van der Waals surface area (Å²) in [5.74, 6) is -0.646. The van der Waals surface area contributed by atoms with Gasteiger partial charge in [0.1, 0.15) is 54.3 Å². The van der Waals surface area contributed by atoms with E-state index in [1.54, 1.807) is 24.3 Å². The maximum atomic E-state index is 13.8. The third-order valence-electron chi connectivity index (χ3n) is 8.54. The molecule has 7 aromatic rings. The molecule has 0 aliphatic carbocycles. The number of hydrogen-bond donors (Lipinski definition) is 4. The number of aryl methyl sites for hydroxylation is 2. The van der Waals surface area contributed by atoms with Gasteiger partial charge in [0.05, 0.1) is 11.4 Å². The lowest BCUT2D eigenvalue weighted by atomic mass is 9.95. The zero-order chi connectivity index (χ0) is 35.4. The van der Waals surface area contributed by atoms with Crippen molar-refractivity contribution in [2.75, 3.05) is 22.9 Å². The molecule has 0 unspecified atom stereocenters. The number of nitrogen functional groups attached to an aromatic ring is 4. The molecule has 10 nitrogen and oxygen atoms in total. The molecule has 3 aromatic carbocycles. The molecule has 50 heavy (non-hydrogen) atoms. The number of rotatable bonds is 6. The zero-order valence-electron chi connectivity index (χ0n) is 26.7. The number of carbonyl (C=O) groups is 2. The van der Waals surface area contributed by atoms with Crippen LogP contribution in [0.15, 0.2) is 72.8 Å². The molecule has 0 spiro atoms. The summed E-state index contributed by atoms with van der Waals surface area (Å²) in [7, 11) is 0. The summed E-state index contributed by atoms with van der Waals surface area (Å²) in [4.78, 5) is 37.8. The van der Waals surface area contributed by atoms with Crippen molar-refractivity contribution in [3.63, 3.8) is 0 Å². The molecule has 12 heteroatoms. The van der Waals surface area contributed by atoms with Gasteiger partial charge in [-0.15, -0.1) is 22.7 Å². The fraction of sp³-hybridized carbons (Fsp3) is 0.0526. The lowest BCUT2D eigenvalue weighted by Gasteiger charge is -2.10. The summed E-state index contributed by atoms with van der Waals surface area (Å²) < 4.78 is 0. The average Bonchev–Trinajstić information content (AvgIpc) is 3.62. The highest BCUT2D eigenvalue weighted by Gasteiger charge is 2.27. The minimum absolute atomic E-state index is 0.0481. The lowest BCUT2D eigenvalue weighted by Crippen LogP contribution is -2.05. The Bertz CT molecular complexity index is 2460. The number of nitrogens with zero attached hydrogens (tertiary/aromatic N) is 4. The van der Waals surface area contributed by atoms with Crippen LogP contribution in [0.1, 0.15) is 52.7 Å². The predicted molar refractivity (Wildman–Crippen MR) is 200 cm³/mol. The van der Waals surface area contributed by atoms with Crippen molar-refractivity contribution < 1.29 is 9.59 Å². The Balaban J connectivity index is 1.26. The number of anilines is 4. The van der Waals surface area contributed by atoms with E-state index in [0.717, 1.165) is 44.9 Å². The number of fused-ring (bicyclic) bond motifs is 2. The van der Waals surface area contributed by atoms with E-state index in [4.69, 9.17) is 22.9 Å². The molecule has 0 bridgehead atoms. The van der Waals surface area contributed by atoms with Gasteiger partial charge in [0, 0.05) is 33.0 Å². The van der Waals surface area contributed by atoms with Crippen molar-refractivity contribution in [1.82, 2.24) is 9.97 Å². The molecule has 242 valence electrons. The van der Waals surface area contributed by atoms with E-state index >= 15 is 0 Å². The highest BCUT2D eigenvalue weighted by Crippen LogP contribution is 2.45. The number of benzene rings is 3. The monoisotopic (exact) mass is 690 g/mol. The average molecular weight is 691 g/mol. The minimum Gasteiger partial charge on any atom is -0.397 e. The van der Waals surface area contributed by atoms with Crippen molar-refractivity contribution in [1.29, 1.82) is 10.5 Å². The Morgan fingerprint density at radius 3 is 1.24 bits per heavy atom. The molecule has 0 aliphatic rings. The zero-order valence-corrected chi connectivity index (χ0v) is 28.3. The largest absolute Gasteiger partial charge is 0.397 e. The number of thiophene rings is 2. The van der Waals surface area contributed by atoms with Crippen LogP contribution in [0, 0.1) is 36.5 Å². The maximum Gasteiger partial charge on any atom is 0.205 e. The fourth-order valence-corrected chi connectivity index (χ4v) is 8.10. The Labute approximate surface area is 293 Å². The maximum absolute atomic E-state index is 13.8. The first-order valence-corrected chi connectivity index (χ1v) is 16.8. The van der Waals surface area contributed by atoms with Gasteiger partial charge in [-0.3, -0.25) is 9.59 Å². The molecule has 0 aliphatic heterocycles. The van der Waals surface area contributed by atoms with Gasteiger partial charge >= 0.3 is 0 Å². The molecule has 4 aromatic heterocycles. The summed E-state index contributed by atoms with van der Waals surface area (Å²) >= 11 is 2.18. The molecule has 8 N–H and O–H groups in total. The van der Waals surface area contributed by atoms with E-state index in [2.05, 4.69) is 22.1 Å². The highest BCUT2D eigenvalue weighted by atomic mass is 32.1. The second-order valence-corrected chi connectivity index (χ2v) is 13.7. The summed E-state index contributed by atoms with van der Waals surface area (Å²) in [5.41, 5.74) is 31.5. The standard InChI is InChI=1S/C38H26N8O2S2/c1-17-3-7-19(8-4-17)25-23(15-39)35(43)45-37-27(25)29(41)33(49-37)31(47)21-11-13-22(14-12-21)32(48)34-30(42)28-26(20-9-5-18(2)6-10-20)24(16-40)36(44)46-38(28)50-34/h3-14H,41-42H2,1-2H3,(H2,43,45)(H2,44,46). The van der Waals surface area contributed by atoms with Crippen LogP contribution >= 0.6 is 22.7 Å². The summed E-state index contributed by atoms with van der Waals surface area (Å²) in [6.07, 6.45) is 0. The third kappa shape index (κ3) is 5.07. The van der Waals surface area contributed by atoms with Crippen molar-refractivity contribution in [3.8, 4) is 34.4 Å². The van der Waals surface area contributed by atoms with Crippen LogP contribution in [-0.4, -0.2) is 21.5 Å². The van der Waals surface area contributed by atoms with E-state index in [1.165, 1.54) is 0 Å². The van der Waals surface area contributed by atoms with E-state index in [1.807, 2.05) is 62.4 Å². The van der Waals surface area contributed by atoms with Gasteiger partial charge in [0.15, 0.2) is 0 Å². The second kappa shape index (κ2) is 12.1. The Kier molecular flexibility index (Phi) is 7.76. The van der Waals surface area contributed by atoms with E-state index in [-0.39, 0.29) is 55.5 Å². The third-order valence-corrected chi connectivity index (χ3v) is 10.7. The Hall–Kier alpha value is -6.60. The van der Waals surface area contributed by atoms with Gasteiger partial charge in [-0.05, 0) is 25.0 Å². The van der Waals surface area contributed by atoms with Gasteiger partial charge in [0.25, 0.3) is 0 Å². The number of nitriles is 2. The van der Waals surface area contributed by atoms with E-state index < -0.39 is 0 Å². The highest BCUT2D eigenvalue weighted by molar-refractivity contribution is 7.22. The normalized spacial score (nSPS) is 11.0.